The number of likely N-dealkylation sites (tertiary alicyclic amines) is 1. The monoisotopic (exact) mass is 270 g/mol. The van der Waals surface area contributed by atoms with Crippen molar-refractivity contribution in [3.8, 4) is 0 Å². The van der Waals surface area contributed by atoms with Crippen LogP contribution in [0.1, 0.15) is 12.8 Å². The van der Waals surface area contributed by atoms with Gasteiger partial charge in [0.25, 0.3) is 0 Å². The summed E-state index contributed by atoms with van der Waals surface area (Å²) >= 11 is 0. The average molecular weight is 270 g/mol. The Kier molecular flexibility index (Phi) is 4.31. The Morgan fingerprint density at radius 1 is 1.37 bits per heavy atom. The molecule has 1 fully saturated rings. The number of benzene rings is 1. The maximum absolute atomic E-state index is 13.0. The molecule has 1 saturated heterocycles. The molecule has 0 aromatic heterocycles. The molecule has 0 spiro atoms. The second kappa shape index (κ2) is 5.97. The Hall–Kier alpha value is -1.69. The number of nitrogens with one attached hydrogen (secondary N) is 1. The molecule has 2 amide bonds. The molecule has 0 radical (unpaired) electrons. The summed E-state index contributed by atoms with van der Waals surface area (Å²) in [6, 6.07) is 2.48. The molecule has 1 aliphatic heterocycles. The molecule has 0 aliphatic carbocycles. The van der Waals surface area contributed by atoms with Gasteiger partial charge in [-0.05, 0) is 30.9 Å². The van der Waals surface area contributed by atoms with E-state index in [0.717, 1.165) is 31.0 Å². The van der Waals surface area contributed by atoms with Gasteiger partial charge in [0, 0.05) is 31.5 Å². The number of halogens is 2. The van der Waals surface area contributed by atoms with Crippen LogP contribution in [0.5, 0.6) is 0 Å². The second-order valence-corrected chi connectivity index (χ2v) is 4.73. The molecule has 1 aliphatic rings. The molecule has 1 unspecified atom stereocenters. The van der Waals surface area contributed by atoms with Crippen LogP contribution < -0.4 is 5.32 Å². The minimum Gasteiger partial charge on any atom is -0.396 e. The zero-order chi connectivity index (χ0) is 13.8. The van der Waals surface area contributed by atoms with Crippen LogP contribution in [0.2, 0.25) is 0 Å². The van der Waals surface area contributed by atoms with E-state index in [1.165, 1.54) is 0 Å². The molecule has 1 aromatic rings. The number of aliphatic hydroxyl groups is 1. The van der Waals surface area contributed by atoms with Gasteiger partial charge >= 0.3 is 6.03 Å². The first-order chi connectivity index (χ1) is 9.08. The summed E-state index contributed by atoms with van der Waals surface area (Å²) in [5, 5.41) is 11.6. The summed E-state index contributed by atoms with van der Waals surface area (Å²) in [7, 11) is 0. The van der Waals surface area contributed by atoms with Crippen LogP contribution in [-0.4, -0.2) is 35.7 Å². The number of aliphatic hydroxyl groups excluding tert-OH is 1. The van der Waals surface area contributed by atoms with Crippen molar-refractivity contribution in [2.45, 2.75) is 12.8 Å². The average Bonchev–Trinajstić information content (AvgIpc) is 2.37. The molecule has 1 heterocycles. The fourth-order valence-electron chi connectivity index (χ4n) is 2.23. The van der Waals surface area contributed by atoms with E-state index in [-0.39, 0.29) is 18.2 Å². The highest BCUT2D eigenvalue weighted by Crippen LogP contribution is 2.18. The van der Waals surface area contributed by atoms with Crippen molar-refractivity contribution < 1.29 is 18.7 Å². The van der Waals surface area contributed by atoms with Crippen molar-refractivity contribution in [3.63, 3.8) is 0 Å². The highest BCUT2D eigenvalue weighted by Gasteiger charge is 2.23. The van der Waals surface area contributed by atoms with Crippen molar-refractivity contribution in [3.05, 3.63) is 29.8 Å². The van der Waals surface area contributed by atoms with Gasteiger partial charge < -0.3 is 15.3 Å². The lowest BCUT2D eigenvalue weighted by Gasteiger charge is -2.31. The minimum absolute atomic E-state index is 0.0401. The maximum Gasteiger partial charge on any atom is 0.321 e. The highest BCUT2D eigenvalue weighted by molar-refractivity contribution is 5.89. The molecule has 19 heavy (non-hydrogen) atoms. The summed E-state index contributed by atoms with van der Waals surface area (Å²) in [6.07, 6.45) is 1.70. The molecule has 104 valence electrons. The van der Waals surface area contributed by atoms with Crippen LogP contribution in [0.4, 0.5) is 19.3 Å². The van der Waals surface area contributed by atoms with E-state index in [1.54, 1.807) is 4.90 Å². The van der Waals surface area contributed by atoms with E-state index in [2.05, 4.69) is 5.32 Å². The van der Waals surface area contributed by atoms with Gasteiger partial charge in [-0.2, -0.15) is 0 Å². The third-order valence-corrected chi connectivity index (χ3v) is 3.18. The Bertz CT molecular complexity index is 448. The largest absolute Gasteiger partial charge is 0.396 e. The maximum atomic E-state index is 13.0. The van der Waals surface area contributed by atoms with Gasteiger partial charge in [-0.3, -0.25) is 0 Å². The molecule has 2 N–H and O–H groups in total. The fraction of sp³-hybridized carbons (Fsp3) is 0.462. The van der Waals surface area contributed by atoms with Gasteiger partial charge in [0.2, 0.25) is 0 Å². The van der Waals surface area contributed by atoms with Gasteiger partial charge in [0.1, 0.15) is 11.6 Å². The van der Waals surface area contributed by atoms with Gasteiger partial charge in [-0.15, -0.1) is 0 Å². The smallest absolute Gasteiger partial charge is 0.321 e. The minimum atomic E-state index is -0.734. The second-order valence-electron chi connectivity index (χ2n) is 4.73. The SMILES string of the molecule is O=C(Nc1cc(F)cc(F)c1)N1CCCC(CO)C1. The number of piperidine rings is 1. The summed E-state index contributed by atoms with van der Waals surface area (Å²) in [5.74, 6) is -1.40. The van der Waals surface area contributed by atoms with E-state index in [0.29, 0.717) is 13.1 Å². The van der Waals surface area contributed by atoms with Crippen molar-refractivity contribution in [2.75, 3.05) is 25.0 Å². The van der Waals surface area contributed by atoms with Crippen LogP contribution >= 0.6 is 0 Å². The Morgan fingerprint density at radius 2 is 2.05 bits per heavy atom. The quantitative estimate of drug-likeness (QED) is 0.865. The number of rotatable bonds is 2. The molecular formula is C13H16F2N2O2. The van der Waals surface area contributed by atoms with Crippen LogP contribution in [0, 0.1) is 17.6 Å². The standard InChI is InChI=1S/C13H16F2N2O2/c14-10-4-11(15)6-12(5-10)16-13(19)17-3-1-2-9(7-17)8-18/h4-6,9,18H,1-3,7-8H2,(H,16,19). The van der Waals surface area contributed by atoms with Gasteiger partial charge in [-0.1, -0.05) is 0 Å². The summed E-state index contributed by atoms with van der Waals surface area (Å²) in [5.41, 5.74) is 0.0913. The van der Waals surface area contributed by atoms with E-state index in [1.807, 2.05) is 0 Å². The topological polar surface area (TPSA) is 52.6 Å². The predicted molar refractivity (Wildman–Crippen MR) is 66.8 cm³/mol. The normalized spacial score (nSPS) is 19.3. The van der Waals surface area contributed by atoms with E-state index in [4.69, 9.17) is 5.11 Å². The van der Waals surface area contributed by atoms with Crippen molar-refractivity contribution in [1.29, 1.82) is 0 Å². The fourth-order valence-corrected chi connectivity index (χ4v) is 2.23. The number of amides is 2. The third kappa shape index (κ3) is 3.64. The number of hydrogen-bond acceptors (Lipinski definition) is 2. The molecule has 2 rings (SSSR count). The van der Waals surface area contributed by atoms with E-state index >= 15 is 0 Å². The third-order valence-electron chi connectivity index (χ3n) is 3.18. The molecule has 6 heteroatoms. The summed E-state index contributed by atoms with van der Waals surface area (Å²) < 4.78 is 26.0. The van der Waals surface area contributed by atoms with Crippen LogP contribution in [-0.2, 0) is 0 Å². The predicted octanol–water partition coefficient (Wildman–Crippen LogP) is 2.20. The number of carbonyl (C=O) groups is 1. The molecule has 1 atom stereocenters. The number of hydrogen-bond donors (Lipinski definition) is 2. The molecule has 1 aromatic carbocycles. The van der Waals surface area contributed by atoms with E-state index in [9.17, 15) is 13.6 Å². The van der Waals surface area contributed by atoms with Crippen molar-refractivity contribution in [1.82, 2.24) is 4.90 Å². The van der Waals surface area contributed by atoms with Gasteiger partial charge in [0.05, 0.1) is 0 Å². The van der Waals surface area contributed by atoms with E-state index < -0.39 is 17.7 Å². The molecule has 0 bridgehead atoms. The first kappa shape index (κ1) is 13.7. The number of carbonyl (C=O) groups excluding carboxylic acids is 1. The zero-order valence-electron chi connectivity index (χ0n) is 10.4. The van der Waals surface area contributed by atoms with Crippen LogP contribution in [0.15, 0.2) is 18.2 Å². The first-order valence-electron chi connectivity index (χ1n) is 6.21. The lowest BCUT2D eigenvalue weighted by Crippen LogP contribution is -2.43. The van der Waals surface area contributed by atoms with Crippen LogP contribution in [0.3, 0.4) is 0 Å². The van der Waals surface area contributed by atoms with Gasteiger partial charge in [-0.25, -0.2) is 13.6 Å². The molecule has 4 nitrogen and oxygen atoms in total. The lowest BCUT2D eigenvalue weighted by molar-refractivity contribution is 0.136. The highest BCUT2D eigenvalue weighted by atomic mass is 19.1. The number of anilines is 1. The Labute approximate surface area is 110 Å². The Balaban J connectivity index is 2.00. The van der Waals surface area contributed by atoms with Crippen molar-refractivity contribution >= 4 is 11.7 Å². The number of urea groups is 1. The molecule has 0 saturated carbocycles. The number of nitrogens with zero attached hydrogens (tertiary/aromatic N) is 1. The Morgan fingerprint density at radius 3 is 2.68 bits per heavy atom. The molecular weight excluding hydrogens is 254 g/mol. The van der Waals surface area contributed by atoms with Crippen molar-refractivity contribution in [2.24, 2.45) is 5.92 Å². The summed E-state index contributed by atoms with van der Waals surface area (Å²) in [4.78, 5) is 13.5. The van der Waals surface area contributed by atoms with Crippen LogP contribution in [0.25, 0.3) is 0 Å². The first-order valence-corrected chi connectivity index (χ1v) is 6.21. The lowest BCUT2D eigenvalue weighted by atomic mass is 9.99. The zero-order valence-corrected chi connectivity index (χ0v) is 10.4. The summed E-state index contributed by atoms with van der Waals surface area (Å²) in [6.45, 7) is 1.08. The van der Waals surface area contributed by atoms with Gasteiger partial charge in [0.15, 0.2) is 0 Å².